The Bertz CT molecular complexity index is 491. The van der Waals surface area contributed by atoms with Crippen molar-refractivity contribution in [2.75, 3.05) is 18.5 Å². The molecule has 0 aliphatic carbocycles. The van der Waals surface area contributed by atoms with Crippen molar-refractivity contribution in [3.63, 3.8) is 0 Å². The van der Waals surface area contributed by atoms with Crippen LogP contribution in [0.1, 0.15) is 33.6 Å². The van der Waals surface area contributed by atoms with Crippen molar-refractivity contribution in [2.24, 2.45) is 5.92 Å². The fraction of sp³-hybridized carbons (Fsp3) is 0.611. The average molecular weight is 318 g/mol. The van der Waals surface area contributed by atoms with E-state index in [4.69, 9.17) is 0 Å². The van der Waals surface area contributed by atoms with Crippen LogP contribution in [0.3, 0.4) is 0 Å². The summed E-state index contributed by atoms with van der Waals surface area (Å²) in [5.74, 6) is 0.715. The van der Waals surface area contributed by atoms with Crippen LogP contribution in [0.4, 0.5) is 5.69 Å². The Morgan fingerprint density at radius 3 is 2.61 bits per heavy atom. The average Bonchev–Trinajstić information content (AvgIpc) is 3.00. The number of para-hydroxylation sites is 1. The smallest absolute Gasteiger partial charge is 0.238 e. The van der Waals surface area contributed by atoms with Crippen LogP contribution in [0.5, 0.6) is 0 Å². The minimum absolute atomic E-state index is 0.0806. The predicted molar refractivity (Wildman–Crippen MR) is 95.2 cm³/mol. The number of hydrogen-bond donors (Lipinski definition) is 3. The molecule has 1 saturated heterocycles. The van der Waals surface area contributed by atoms with E-state index in [1.807, 2.05) is 18.2 Å². The number of likely N-dealkylation sites (N-methyl/N-ethyl adjacent to an activating group) is 1. The van der Waals surface area contributed by atoms with Crippen LogP contribution in [0.25, 0.3) is 0 Å². The highest BCUT2D eigenvalue weighted by molar-refractivity contribution is 5.82. The minimum atomic E-state index is -0.131. The van der Waals surface area contributed by atoms with Crippen LogP contribution in [-0.2, 0) is 4.79 Å². The van der Waals surface area contributed by atoms with Gasteiger partial charge >= 0.3 is 0 Å². The van der Waals surface area contributed by atoms with Gasteiger partial charge in [-0.2, -0.15) is 0 Å². The van der Waals surface area contributed by atoms with E-state index in [0.717, 1.165) is 18.5 Å². The third kappa shape index (κ3) is 5.22. The van der Waals surface area contributed by atoms with E-state index >= 15 is 0 Å². The monoisotopic (exact) mass is 318 g/mol. The van der Waals surface area contributed by atoms with Gasteiger partial charge in [0.25, 0.3) is 0 Å². The van der Waals surface area contributed by atoms with Gasteiger partial charge in [0.05, 0.1) is 0 Å². The standard InChI is InChI=1S/C18H30N4O/c1-13(2)10-15-11-17(21-20-15)18(23)19-12-14(3)22(4)16-8-6-5-7-9-16/h5-9,13-15,17,20-21H,10-12H2,1-4H3,(H,19,23). The van der Waals surface area contributed by atoms with Gasteiger partial charge in [0.1, 0.15) is 6.04 Å². The SMILES string of the molecule is CC(C)CC1CC(C(=O)NCC(C)N(C)c2ccccc2)NN1. The minimum Gasteiger partial charge on any atom is -0.370 e. The molecule has 1 aromatic carbocycles. The Labute approximate surface area is 139 Å². The summed E-state index contributed by atoms with van der Waals surface area (Å²) in [6, 6.07) is 10.7. The van der Waals surface area contributed by atoms with Gasteiger partial charge in [-0.3, -0.25) is 10.2 Å². The maximum atomic E-state index is 12.3. The van der Waals surface area contributed by atoms with Gasteiger partial charge in [0.2, 0.25) is 5.91 Å². The lowest BCUT2D eigenvalue weighted by Gasteiger charge is -2.27. The third-order valence-corrected chi connectivity index (χ3v) is 4.45. The number of nitrogens with one attached hydrogen (secondary N) is 3. The summed E-state index contributed by atoms with van der Waals surface area (Å²) in [4.78, 5) is 14.5. The van der Waals surface area contributed by atoms with Crippen molar-refractivity contribution >= 4 is 11.6 Å². The molecule has 23 heavy (non-hydrogen) atoms. The zero-order valence-electron chi connectivity index (χ0n) is 14.7. The zero-order chi connectivity index (χ0) is 16.8. The normalized spacial score (nSPS) is 22.1. The first-order valence-electron chi connectivity index (χ1n) is 8.54. The summed E-state index contributed by atoms with van der Waals surface area (Å²) >= 11 is 0. The highest BCUT2D eigenvalue weighted by atomic mass is 16.2. The van der Waals surface area contributed by atoms with E-state index in [0.29, 0.717) is 18.5 Å². The van der Waals surface area contributed by atoms with Crippen LogP contribution in [0, 0.1) is 5.92 Å². The summed E-state index contributed by atoms with van der Waals surface area (Å²) in [6.45, 7) is 7.17. The van der Waals surface area contributed by atoms with Gasteiger partial charge in [-0.25, -0.2) is 5.43 Å². The van der Waals surface area contributed by atoms with Gasteiger partial charge in [0, 0.05) is 31.4 Å². The molecule has 1 heterocycles. The van der Waals surface area contributed by atoms with Gasteiger partial charge in [0.15, 0.2) is 0 Å². The Morgan fingerprint density at radius 2 is 1.96 bits per heavy atom. The van der Waals surface area contributed by atoms with Gasteiger partial charge in [-0.15, -0.1) is 0 Å². The molecule has 0 aromatic heterocycles. The van der Waals surface area contributed by atoms with Crippen molar-refractivity contribution in [1.29, 1.82) is 0 Å². The molecular weight excluding hydrogens is 288 g/mol. The molecule has 3 atom stereocenters. The maximum Gasteiger partial charge on any atom is 0.238 e. The van der Waals surface area contributed by atoms with Crippen molar-refractivity contribution in [3.8, 4) is 0 Å². The topological polar surface area (TPSA) is 56.4 Å². The van der Waals surface area contributed by atoms with Crippen LogP contribution < -0.4 is 21.1 Å². The van der Waals surface area contributed by atoms with Crippen LogP contribution in [0.15, 0.2) is 30.3 Å². The second-order valence-electron chi connectivity index (χ2n) is 6.94. The summed E-state index contributed by atoms with van der Waals surface area (Å²) in [5, 5.41) is 3.07. The molecule has 1 amide bonds. The summed E-state index contributed by atoms with van der Waals surface area (Å²) < 4.78 is 0. The number of amides is 1. The number of hydrazine groups is 1. The predicted octanol–water partition coefficient (Wildman–Crippen LogP) is 1.91. The lowest BCUT2D eigenvalue weighted by molar-refractivity contribution is -0.122. The Hall–Kier alpha value is -1.59. The summed E-state index contributed by atoms with van der Waals surface area (Å²) in [5.41, 5.74) is 7.51. The van der Waals surface area contributed by atoms with E-state index in [9.17, 15) is 4.79 Å². The summed E-state index contributed by atoms with van der Waals surface area (Å²) in [6.07, 6.45) is 1.94. The fourth-order valence-corrected chi connectivity index (χ4v) is 2.94. The van der Waals surface area contributed by atoms with Crippen LogP contribution in [0.2, 0.25) is 0 Å². The van der Waals surface area contributed by atoms with Crippen molar-refractivity contribution in [1.82, 2.24) is 16.2 Å². The number of carbonyl (C=O) groups is 1. The lowest BCUT2D eigenvalue weighted by atomic mass is 10.00. The van der Waals surface area contributed by atoms with Crippen molar-refractivity contribution in [3.05, 3.63) is 30.3 Å². The molecule has 1 aliphatic rings. The number of carbonyl (C=O) groups excluding carboxylic acids is 1. The molecule has 1 aromatic rings. The molecule has 3 N–H and O–H groups in total. The van der Waals surface area contributed by atoms with Crippen molar-refractivity contribution in [2.45, 2.75) is 51.7 Å². The first-order chi connectivity index (χ1) is 11.0. The molecule has 3 unspecified atom stereocenters. The van der Waals surface area contributed by atoms with Gasteiger partial charge < -0.3 is 10.2 Å². The number of benzene rings is 1. The molecule has 0 radical (unpaired) electrons. The Balaban J connectivity index is 1.76. The van der Waals surface area contributed by atoms with Gasteiger partial charge in [-0.1, -0.05) is 32.0 Å². The molecule has 5 nitrogen and oxygen atoms in total. The number of hydrogen-bond acceptors (Lipinski definition) is 4. The van der Waals surface area contributed by atoms with E-state index in [-0.39, 0.29) is 18.0 Å². The van der Waals surface area contributed by atoms with Gasteiger partial charge in [-0.05, 0) is 37.8 Å². The molecule has 5 heteroatoms. The molecule has 128 valence electrons. The first-order valence-corrected chi connectivity index (χ1v) is 8.54. The molecule has 2 rings (SSSR count). The molecule has 0 saturated carbocycles. The molecular formula is C18H30N4O. The maximum absolute atomic E-state index is 12.3. The van der Waals surface area contributed by atoms with E-state index in [2.05, 4.69) is 61.0 Å². The zero-order valence-corrected chi connectivity index (χ0v) is 14.7. The van der Waals surface area contributed by atoms with E-state index in [1.54, 1.807) is 0 Å². The summed E-state index contributed by atoms with van der Waals surface area (Å²) in [7, 11) is 2.06. The van der Waals surface area contributed by atoms with Crippen molar-refractivity contribution < 1.29 is 4.79 Å². The third-order valence-electron chi connectivity index (χ3n) is 4.45. The first kappa shape index (κ1) is 17.8. The highest BCUT2D eigenvalue weighted by Crippen LogP contribution is 2.15. The number of rotatable bonds is 7. The molecule has 1 fully saturated rings. The van der Waals surface area contributed by atoms with E-state index in [1.165, 1.54) is 0 Å². The molecule has 1 aliphatic heterocycles. The lowest BCUT2D eigenvalue weighted by Crippen LogP contribution is -2.47. The fourth-order valence-electron chi connectivity index (χ4n) is 2.94. The highest BCUT2D eigenvalue weighted by Gasteiger charge is 2.29. The Morgan fingerprint density at radius 1 is 1.26 bits per heavy atom. The number of anilines is 1. The molecule has 0 spiro atoms. The van der Waals surface area contributed by atoms with E-state index < -0.39 is 0 Å². The quantitative estimate of drug-likeness (QED) is 0.719. The molecule has 0 bridgehead atoms. The number of nitrogens with zero attached hydrogens (tertiary/aromatic N) is 1. The Kier molecular flexibility index (Phi) is 6.42. The second-order valence-corrected chi connectivity index (χ2v) is 6.94. The largest absolute Gasteiger partial charge is 0.370 e. The second kappa shape index (κ2) is 8.31. The van der Waals surface area contributed by atoms with Crippen LogP contribution in [-0.4, -0.2) is 37.6 Å². The van der Waals surface area contributed by atoms with Crippen LogP contribution >= 0.6 is 0 Å².